The molecule has 0 aliphatic carbocycles. The van der Waals surface area contributed by atoms with E-state index in [-0.39, 0.29) is 30.3 Å². The summed E-state index contributed by atoms with van der Waals surface area (Å²) in [4.78, 5) is 33.2. The molecule has 1 aromatic heterocycles. The summed E-state index contributed by atoms with van der Waals surface area (Å²) in [6.07, 6.45) is 4.56. The third kappa shape index (κ3) is 4.77. The van der Waals surface area contributed by atoms with Gasteiger partial charge in [0.25, 0.3) is 0 Å². The number of ketones is 1. The van der Waals surface area contributed by atoms with Crippen LogP contribution in [0.25, 0.3) is 0 Å². The molecule has 0 aromatic carbocycles. The molecule has 0 unspecified atom stereocenters. The first-order valence-corrected chi connectivity index (χ1v) is 7.24. The Morgan fingerprint density at radius 2 is 2.14 bits per heavy atom. The lowest BCUT2D eigenvalue weighted by molar-refractivity contribution is 0.0217. The molecule has 0 bridgehead atoms. The van der Waals surface area contributed by atoms with E-state index in [0.29, 0.717) is 19.5 Å². The maximum Gasteiger partial charge on any atom is 0.410 e. The highest BCUT2D eigenvalue weighted by atomic mass is 16.6. The van der Waals surface area contributed by atoms with Crippen molar-refractivity contribution in [2.24, 2.45) is 0 Å². The Morgan fingerprint density at radius 3 is 2.77 bits per heavy atom. The Labute approximate surface area is 129 Å². The SMILES string of the molecule is CC(C)(C)OC(=O)N1CC[C@@H](OCC(=O)c2cnccn2)C1. The molecule has 1 saturated heterocycles. The van der Waals surface area contributed by atoms with Gasteiger partial charge >= 0.3 is 6.09 Å². The lowest BCUT2D eigenvalue weighted by Gasteiger charge is -2.24. The van der Waals surface area contributed by atoms with Crippen molar-refractivity contribution in [3.8, 4) is 0 Å². The van der Waals surface area contributed by atoms with Crippen LogP contribution in [0.1, 0.15) is 37.7 Å². The second-order valence-electron chi connectivity index (χ2n) is 6.16. The number of carbonyl (C=O) groups excluding carboxylic acids is 2. The van der Waals surface area contributed by atoms with Crippen molar-refractivity contribution in [2.45, 2.75) is 38.9 Å². The van der Waals surface area contributed by atoms with Crippen LogP contribution in [0.5, 0.6) is 0 Å². The molecule has 1 aromatic rings. The summed E-state index contributed by atoms with van der Waals surface area (Å²) in [7, 11) is 0. The highest BCUT2D eigenvalue weighted by Crippen LogP contribution is 2.17. The molecule has 2 rings (SSSR count). The number of carbonyl (C=O) groups is 2. The second kappa shape index (κ2) is 6.83. The minimum absolute atomic E-state index is 0.0640. The van der Waals surface area contributed by atoms with Gasteiger partial charge in [-0.3, -0.25) is 9.78 Å². The van der Waals surface area contributed by atoms with Crippen LogP contribution in [0, 0.1) is 0 Å². The van der Waals surface area contributed by atoms with Crippen molar-refractivity contribution >= 4 is 11.9 Å². The zero-order valence-corrected chi connectivity index (χ0v) is 13.1. The fraction of sp³-hybridized carbons (Fsp3) is 0.600. The van der Waals surface area contributed by atoms with Crippen molar-refractivity contribution in [3.63, 3.8) is 0 Å². The van der Waals surface area contributed by atoms with E-state index in [0.717, 1.165) is 0 Å². The fourth-order valence-corrected chi connectivity index (χ4v) is 2.07. The number of ether oxygens (including phenoxy) is 2. The molecule has 1 fully saturated rings. The Balaban J connectivity index is 1.77. The number of nitrogens with zero attached hydrogens (tertiary/aromatic N) is 3. The Kier molecular flexibility index (Phi) is 5.07. The van der Waals surface area contributed by atoms with Crippen LogP contribution in [-0.2, 0) is 9.47 Å². The third-order valence-electron chi connectivity index (χ3n) is 3.10. The average Bonchev–Trinajstić information content (AvgIpc) is 2.93. The highest BCUT2D eigenvalue weighted by molar-refractivity contribution is 5.94. The van der Waals surface area contributed by atoms with Gasteiger partial charge in [0, 0.05) is 18.9 Å². The quantitative estimate of drug-likeness (QED) is 0.787. The number of amides is 1. The van der Waals surface area contributed by atoms with E-state index >= 15 is 0 Å². The van der Waals surface area contributed by atoms with Crippen LogP contribution in [0.2, 0.25) is 0 Å². The number of hydrogen-bond acceptors (Lipinski definition) is 6. The first-order valence-electron chi connectivity index (χ1n) is 7.24. The molecular weight excluding hydrogens is 286 g/mol. The Bertz CT molecular complexity index is 527. The number of hydrogen-bond donors (Lipinski definition) is 0. The van der Waals surface area contributed by atoms with E-state index < -0.39 is 5.60 Å². The van der Waals surface area contributed by atoms with E-state index in [4.69, 9.17) is 9.47 Å². The second-order valence-corrected chi connectivity index (χ2v) is 6.16. The summed E-state index contributed by atoms with van der Waals surface area (Å²) in [6.45, 7) is 6.42. The molecule has 1 aliphatic heterocycles. The molecule has 120 valence electrons. The number of Topliss-reactive ketones (excluding diaryl/α,β-unsaturated/α-hetero) is 1. The summed E-state index contributed by atoms with van der Waals surface area (Å²) >= 11 is 0. The van der Waals surface area contributed by atoms with Crippen molar-refractivity contribution in [1.82, 2.24) is 14.9 Å². The van der Waals surface area contributed by atoms with Crippen LogP contribution in [0.3, 0.4) is 0 Å². The largest absolute Gasteiger partial charge is 0.444 e. The molecule has 1 atom stereocenters. The molecule has 1 amide bonds. The lowest BCUT2D eigenvalue weighted by atomic mass is 10.2. The fourth-order valence-electron chi connectivity index (χ4n) is 2.07. The summed E-state index contributed by atoms with van der Waals surface area (Å²) in [6, 6.07) is 0. The molecule has 0 saturated carbocycles. The predicted octanol–water partition coefficient (Wildman–Crippen LogP) is 1.69. The monoisotopic (exact) mass is 307 g/mol. The van der Waals surface area contributed by atoms with E-state index in [2.05, 4.69) is 9.97 Å². The van der Waals surface area contributed by atoms with Gasteiger partial charge in [0.15, 0.2) is 0 Å². The summed E-state index contributed by atoms with van der Waals surface area (Å²) in [5, 5.41) is 0. The minimum atomic E-state index is -0.516. The van der Waals surface area contributed by atoms with E-state index in [1.54, 1.807) is 4.90 Å². The van der Waals surface area contributed by atoms with Crippen LogP contribution in [0.15, 0.2) is 18.6 Å². The molecule has 0 spiro atoms. The van der Waals surface area contributed by atoms with Gasteiger partial charge in [-0.2, -0.15) is 0 Å². The summed E-state index contributed by atoms with van der Waals surface area (Å²) in [5.41, 5.74) is -0.234. The molecule has 7 nitrogen and oxygen atoms in total. The first kappa shape index (κ1) is 16.4. The molecule has 22 heavy (non-hydrogen) atoms. The Hall–Kier alpha value is -2.02. The van der Waals surface area contributed by atoms with Crippen molar-refractivity contribution in [1.29, 1.82) is 0 Å². The standard InChI is InChI=1S/C15H21N3O4/c1-15(2,3)22-14(20)18-7-4-11(9-18)21-10-13(19)12-8-16-5-6-17-12/h5-6,8,11H,4,7,9-10H2,1-3H3/t11-/m1/s1. The third-order valence-corrected chi connectivity index (χ3v) is 3.10. The minimum Gasteiger partial charge on any atom is -0.444 e. The smallest absolute Gasteiger partial charge is 0.410 e. The molecule has 7 heteroatoms. The summed E-state index contributed by atoms with van der Waals surface area (Å²) in [5.74, 6) is -0.219. The van der Waals surface area contributed by atoms with Gasteiger partial charge in [0.05, 0.1) is 18.8 Å². The number of aromatic nitrogens is 2. The zero-order valence-electron chi connectivity index (χ0n) is 13.1. The average molecular weight is 307 g/mol. The van der Waals surface area contributed by atoms with Crippen LogP contribution in [0.4, 0.5) is 4.79 Å². The number of rotatable bonds is 4. The normalized spacial score (nSPS) is 18.3. The van der Waals surface area contributed by atoms with Gasteiger partial charge in [-0.05, 0) is 27.2 Å². The topological polar surface area (TPSA) is 81.6 Å². The maximum atomic E-state index is 11.9. The highest BCUT2D eigenvalue weighted by Gasteiger charge is 2.30. The Morgan fingerprint density at radius 1 is 1.36 bits per heavy atom. The van der Waals surface area contributed by atoms with E-state index in [1.165, 1.54) is 18.6 Å². The van der Waals surface area contributed by atoms with Crippen LogP contribution >= 0.6 is 0 Å². The van der Waals surface area contributed by atoms with Gasteiger partial charge in [-0.25, -0.2) is 9.78 Å². The van der Waals surface area contributed by atoms with E-state index in [9.17, 15) is 9.59 Å². The molecule has 0 N–H and O–H groups in total. The lowest BCUT2D eigenvalue weighted by Crippen LogP contribution is -2.36. The zero-order chi connectivity index (χ0) is 16.2. The maximum absolute atomic E-state index is 11.9. The van der Waals surface area contributed by atoms with Crippen molar-refractivity contribution in [2.75, 3.05) is 19.7 Å². The van der Waals surface area contributed by atoms with Gasteiger partial charge in [-0.15, -0.1) is 0 Å². The number of likely N-dealkylation sites (tertiary alicyclic amines) is 1. The van der Waals surface area contributed by atoms with Gasteiger partial charge < -0.3 is 14.4 Å². The summed E-state index contributed by atoms with van der Waals surface area (Å²) < 4.78 is 10.9. The molecular formula is C15H21N3O4. The first-order chi connectivity index (χ1) is 10.3. The molecule has 0 radical (unpaired) electrons. The van der Waals surface area contributed by atoms with Gasteiger partial charge in [-0.1, -0.05) is 0 Å². The van der Waals surface area contributed by atoms with Gasteiger partial charge in [0.1, 0.15) is 17.9 Å². The molecule has 1 aliphatic rings. The van der Waals surface area contributed by atoms with Crippen LogP contribution < -0.4 is 0 Å². The van der Waals surface area contributed by atoms with Crippen LogP contribution in [-0.4, -0.2) is 58.1 Å². The van der Waals surface area contributed by atoms with E-state index in [1.807, 2.05) is 20.8 Å². The van der Waals surface area contributed by atoms with Crippen molar-refractivity contribution in [3.05, 3.63) is 24.3 Å². The van der Waals surface area contributed by atoms with Crippen molar-refractivity contribution < 1.29 is 19.1 Å². The molecule has 2 heterocycles. The van der Waals surface area contributed by atoms with Gasteiger partial charge in [0.2, 0.25) is 5.78 Å². The predicted molar refractivity (Wildman–Crippen MR) is 78.5 cm³/mol.